The van der Waals surface area contributed by atoms with Crippen LogP contribution in [0, 0.1) is 11.2 Å². The highest BCUT2D eigenvalue weighted by Gasteiger charge is 2.43. The van der Waals surface area contributed by atoms with Gasteiger partial charge in [-0.1, -0.05) is 12.8 Å². The fraction of sp³-hybridized carbons (Fsp3) is 0.438. The van der Waals surface area contributed by atoms with Crippen LogP contribution in [0.1, 0.15) is 19.3 Å². The molecule has 3 heterocycles. The van der Waals surface area contributed by atoms with Crippen LogP contribution in [-0.4, -0.2) is 34.9 Å². The van der Waals surface area contributed by atoms with E-state index in [0.29, 0.717) is 17.2 Å². The van der Waals surface area contributed by atoms with E-state index in [0.717, 1.165) is 30.7 Å². The zero-order valence-corrected chi connectivity index (χ0v) is 12.3. The molecule has 0 aromatic carbocycles. The zero-order chi connectivity index (χ0) is 15.1. The second-order valence-corrected chi connectivity index (χ2v) is 6.39. The Morgan fingerprint density at radius 2 is 2.14 bits per heavy atom. The van der Waals surface area contributed by atoms with Gasteiger partial charge in [0.25, 0.3) is 6.71 Å². The Hall–Kier alpha value is -2.29. The lowest BCUT2D eigenvalue weighted by molar-refractivity contribution is 0.456. The highest BCUT2D eigenvalue weighted by molar-refractivity contribution is 6.70. The van der Waals surface area contributed by atoms with Gasteiger partial charge in [-0.05, 0) is 30.2 Å². The molecule has 22 heavy (non-hydrogen) atoms. The minimum Gasteiger partial charge on any atom is -0.493 e. The molecule has 0 unspecified atom stereocenters. The van der Waals surface area contributed by atoms with Crippen LogP contribution in [0.15, 0.2) is 24.4 Å². The molecule has 6 heteroatoms. The molecule has 0 amide bonds. The number of rotatable bonds is 3. The number of hydrogen-bond acceptors (Lipinski definition) is 5. The number of hydrogen-bond donors (Lipinski definition) is 1. The van der Waals surface area contributed by atoms with Crippen molar-refractivity contribution in [2.45, 2.75) is 30.9 Å². The van der Waals surface area contributed by atoms with E-state index >= 15 is 0 Å². The van der Waals surface area contributed by atoms with Gasteiger partial charge in [0.05, 0.1) is 11.7 Å². The van der Waals surface area contributed by atoms with Crippen LogP contribution >= 0.6 is 0 Å². The third-order valence-electron chi connectivity index (χ3n) is 4.88. The number of fused-ring (bicyclic) bond motifs is 1. The maximum atomic E-state index is 9.41. The maximum absolute atomic E-state index is 9.41. The Labute approximate surface area is 129 Å². The summed E-state index contributed by atoms with van der Waals surface area (Å²) in [5, 5.41) is 19.8. The highest BCUT2D eigenvalue weighted by atomic mass is 16.3. The molecule has 1 saturated carbocycles. The Kier molecular flexibility index (Phi) is 3.14. The largest absolute Gasteiger partial charge is 0.493 e. The lowest BCUT2D eigenvalue weighted by atomic mass is 9.38. The first-order valence-corrected chi connectivity index (χ1v) is 7.85. The first-order valence-electron chi connectivity index (χ1n) is 7.85. The molecule has 0 spiro atoms. The summed E-state index contributed by atoms with van der Waals surface area (Å²) in [7, 11) is 0. The van der Waals surface area contributed by atoms with Gasteiger partial charge in [0.15, 0.2) is 0 Å². The van der Waals surface area contributed by atoms with Gasteiger partial charge in [-0.3, -0.25) is 0 Å². The molecule has 1 saturated heterocycles. The second kappa shape index (κ2) is 5.17. The standard InChI is InChI=1S/C16H17BN4O/c18-10-17(12-2-3-12)13-5-6-21(9-13)15-7-11-1-4-16(22)20-14(11)8-19-15/h1,4,7-8,12-13H,2-3,5-6,9H2,(H,20,22)/t13-/m0/s1. The predicted molar refractivity (Wildman–Crippen MR) is 86.1 cm³/mol. The van der Waals surface area contributed by atoms with Crippen LogP contribution in [-0.2, 0) is 0 Å². The van der Waals surface area contributed by atoms with Crippen molar-refractivity contribution in [3.63, 3.8) is 0 Å². The van der Waals surface area contributed by atoms with E-state index in [4.69, 9.17) is 0 Å². The van der Waals surface area contributed by atoms with Crippen LogP contribution in [0.25, 0.3) is 10.9 Å². The molecular weight excluding hydrogens is 275 g/mol. The second-order valence-electron chi connectivity index (χ2n) is 6.39. The molecular formula is C16H17BN4O. The van der Waals surface area contributed by atoms with Gasteiger partial charge in [0.1, 0.15) is 5.82 Å². The summed E-state index contributed by atoms with van der Waals surface area (Å²) in [4.78, 5) is 10.8. The minimum atomic E-state index is 0.0181. The molecule has 2 aromatic rings. The minimum absolute atomic E-state index is 0.0181. The van der Waals surface area contributed by atoms with Crippen LogP contribution < -0.4 is 4.90 Å². The molecule has 0 radical (unpaired) electrons. The average Bonchev–Trinajstić information content (AvgIpc) is 3.24. The molecule has 2 aliphatic rings. The fourth-order valence-electron chi connectivity index (χ4n) is 3.52. The molecule has 1 atom stereocenters. The lowest BCUT2D eigenvalue weighted by Crippen LogP contribution is -2.25. The molecule has 1 N–H and O–H groups in total. The molecule has 2 aromatic heterocycles. The van der Waals surface area contributed by atoms with E-state index < -0.39 is 0 Å². The van der Waals surface area contributed by atoms with Crippen LogP contribution in [0.2, 0.25) is 11.6 Å². The fourth-order valence-corrected chi connectivity index (χ4v) is 3.52. The van der Waals surface area contributed by atoms with E-state index in [1.54, 1.807) is 12.3 Å². The Bertz CT molecular complexity index is 755. The number of aromatic nitrogens is 2. The molecule has 2 fully saturated rings. The third kappa shape index (κ3) is 2.37. The molecule has 110 valence electrons. The zero-order valence-electron chi connectivity index (χ0n) is 12.3. The first-order chi connectivity index (χ1) is 10.7. The highest BCUT2D eigenvalue weighted by Crippen LogP contribution is 2.45. The third-order valence-corrected chi connectivity index (χ3v) is 4.88. The van der Waals surface area contributed by atoms with Crippen molar-refractivity contribution in [2.24, 2.45) is 0 Å². The van der Waals surface area contributed by atoms with E-state index in [1.807, 2.05) is 12.1 Å². The van der Waals surface area contributed by atoms with Gasteiger partial charge in [-0.2, -0.15) is 0 Å². The molecule has 1 aliphatic carbocycles. The monoisotopic (exact) mass is 292 g/mol. The van der Waals surface area contributed by atoms with Gasteiger partial charge in [-0.25, -0.2) is 15.2 Å². The SMILES string of the molecule is N#CB(C1CC1)[C@H]1CCN(c2cc3ccc(O)nc3cn2)C1. The number of nitrogens with zero attached hydrogens (tertiary/aromatic N) is 4. The van der Waals surface area contributed by atoms with Crippen molar-refractivity contribution in [1.82, 2.24) is 9.97 Å². The van der Waals surface area contributed by atoms with E-state index in [-0.39, 0.29) is 12.6 Å². The van der Waals surface area contributed by atoms with Crippen LogP contribution in [0.3, 0.4) is 0 Å². The van der Waals surface area contributed by atoms with Crippen LogP contribution in [0.5, 0.6) is 5.88 Å². The molecule has 5 nitrogen and oxygen atoms in total. The van der Waals surface area contributed by atoms with Gasteiger partial charge in [0, 0.05) is 30.5 Å². The topological polar surface area (TPSA) is 73.0 Å². The van der Waals surface area contributed by atoms with Crippen molar-refractivity contribution in [1.29, 1.82) is 5.26 Å². The lowest BCUT2D eigenvalue weighted by Gasteiger charge is -2.18. The van der Waals surface area contributed by atoms with Gasteiger partial charge in [-0.15, -0.1) is 0 Å². The van der Waals surface area contributed by atoms with E-state index in [1.165, 1.54) is 12.8 Å². The first kappa shape index (κ1) is 13.4. The van der Waals surface area contributed by atoms with Crippen molar-refractivity contribution in [3.8, 4) is 11.8 Å². The van der Waals surface area contributed by atoms with Crippen molar-refractivity contribution < 1.29 is 5.11 Å². The summed E-state index contributed by atoms with van der Waals surface area (Å²) < 4.78 is 0. The summed E-state index contributed by atoms with van der Waals surface area (Å²) in [5.41, 5.74) is 0.701. The quantitative estimate of drug-likeness (QED) is 0.880. The number of pyridine rings is 2. The Morgan fingerprint density at radius 1 is 1.27 bits per heavy atom. The Balaban J connectivity index is 1.55. The summed E-state index contributed by atoms with van der Waals surface area (Å²) in [5.74, 6) is 4.58. The summed E-state index contributed by atoms with van der Waals surface area (Å²) in [6.45, 7) is 2.09. The van der Waals surface area contributed by atoms with E-state index in [2.05, 4.69) is 20.8 Å². The van der Waals surface area contributed by atoms with Crippen molar-refractivity contribution in [2.75, 3.05) is 18.0 Å². The molecule has 4 rings (SSSR count). The Morgan fingerprint density at radius 3 is 2.91 bits per heavy atom. The smallest absolute Gasteiger partial charge is 0.275 e. The average molecular weight is 292 g/mol. The summed E-state index contributed by atoms with van der Waals surface area (Å²) >= 11 is 0. The number of anilines is 1. The molecule has 0 bridgehead atoms. The maximum Gasteiger partial charge on any atom is 0.275 e. The summed E-state index contributed by atoms with van der Waals surface area (Å²) in [6.07, 6.45) is 5.22. The van der Waals surface area contributed by atoms with E-state index in [9.17, 15) is 10.4 Å². The van der Waals surface area contributed by atoms with Crippen molar-refractivity contribution in [3.05, 3.63) is 24.4 Å². The van der Waals surface area contributed by atoms with Gasteiger partial charge >= 0.3 is 0 Å². The normalized spacial score (nSPS) is 21.0. The summed E-state index contributed by atoms with van der Waals surface area (Å²) in [6, 6.07) is 5.47. The predicted octanol–water partition coefficient (Wildman–Crippen LogP) is 2.64. The van der Waals surface area contributed by atoms with Crippen molar-refractivity contribution >= 4 is 23.4 Å². The number of nitriles is 1. The van der Waals surface area contributed by atoms with Gasteiger partial charge in [0.2, 0.25) is 5.88 Å². The number of aromatic hydroxyl groups is 1. The van der Waals surface area contributed by atoms with Crippen LogP contribution in [0.4, 0.5) is 5.82 Å². The van der Waals surface area contributed by atoms with Gasteiger partial charge < -0.3 is 10.0 Å². The molecule has 1 aliphatic heterocycles.